The predicted octanol–water partition coefficient (Wildman–Crippen LogP) is 0.774. The van der Waals surface area contributed by atoms with Crippen LogP contribution in [0.3, 0.4) is 0 Å². The molecule has 0 rings (SSSR count). The fourth-order valence-electron chi connectivity index (χ4n) is 0.343. The van der Waals surface area contributed by atoms with Crippen LogP contribution >= 0.6 is 0 Å². The predicted molar refractivity (Wildman–Crippen MR) is 32.8 cm³/mol. The summed E-state index contributed by atoms with van der Waals surface area (Å²) in [6.07, 6.45) is -3.06. The molecule has 0 aromatic rings. The van der Waals surface area contributed by atoms with Gasteiger partial charge in [-0.2, -0.15) is 13.2 Å². The second-order valence-electron chi connectivity index (χ2n) is 1.82. The third-order valence-corrected chi connectivity index (χ3v) is 1.85. The Kier molecular flexibility index (Phi) is 3.30. The molecule has 0 bridgehead atoms. The summed E-state index contributed by atoms with van der Waals surface area (Å²) in [5, 5.41) is 0. The van der Waals surface area contributed by atoms with E-state index in [1.54, 1.807) is 0 Å². The summed E-state index contributed by atoms with van der Waals surface area (Å²) in [6, 6.07) is 0. The van der Waals surface area contributed by atoms with Crippen LogP contribution < -0.4 is 0 Å². The van der Waals surface area contributed by atoms with Crippen LogP contribution in [0.15, 0.2) is 0 Å². The van der Waals surface area contributed by atoms with Crippen LogP contribution in [0.4, 0.5) is 13.2 Å². The van der Waals surface area contributed by atoms with Crippen molar-refractivity contribution in [1.29, 1.82) is 0 Å². The maximum Gasteiger partial charge on any atom is 0.402 e. The SMILES string of the molecule is CN(CC(F)(F)F)S(C)=O. The number of nitrogens with zero attached hydrogens (tertiary/aromatic N) is 1. The highest BCUT2D eigenvalue weighted by atomic mass is 32.2. The molecule has 1 atom stereocenters. The standard InChI is InChI=1S/C4H8F3NOS/c1-8(10(2)9)3-4(5,6)7/h3H2,1-2H3. The molecule has 0 N–H and O–H groups in total. The Hall–Kier alpha value is -0.100. The number of halogens is 3. The minimum absolute atomic E-state index is 0.722. The van der Waals surface area contributed by atoms with Gasteiger partial charge in [-0.1, -0.05) is 0 Å². The topological polar surface area (TPSA) is 20.3 Å². The summed E-state index contributed by atoms with van der Waals surface area (Å²) in [5.41, 5.74) is 0. The molecule has 0 aromatic heterocycles. The van der Waals surface area contributed by atoms with E-state index in [9.17, 15) is 17.4 Å². The van der Waals surface area contributed by atoms with Gasteiger partial charge in [0.2, 0.25) is 0 Å². The van der Waals surface area contributed by atoms with Gasteiger partial charge in [-0.05, 0) is 0 Å². The van der Waals surface area contributed by atoms with Crippen LogP contribution in [-0.2, 0) is 11.0 Å². The molecule has 0 spiro atoms. The molecule has 1 unspecified atom stereocenters. The first kappa shape index (κ1) is 9.90. The lowest BCUT2D eigenvalue weighted by atomic mass is 10.6. The fraction of sp³-hybridized carbons (Fsp3) is 1.00. The first-order valence-corrected chi connectivity index (χ1v) is 3.96. The van der Waals surface area contributed by atoms with E-state index in [1.807, 2.05) is 0 Å². The Morgan fingerprint density at radius 1 is 1.50 bits per heavy atom. The Morgan fingerprint density at radius 3 is 2.00 bits per heavy atom. The van der Waals surface area contributed by atoms with Crippen LogP contribution in [0.1, 0.15) is 0 Å². The van der Waals surface area contributed by atoms with E-state index in [1.165, 1.54) is 6.26 Å². The first-order valence-electron chi connectivity index (χ1n) is 2.44. The zero-order valence-corrected chi connectivity index (χ0v) is 6.42. The third kappa shape index (κ3) is 4.75. The van der Waals surface area contributed by atoms with Crippen molar-refractivity contribution in [2.75, 3.05) is 19.8 Å². The minimum Gasteiger partial charge on any atom is -0.243 e. The molecule has 0 aromatic carbocycles. The largest absolute Gasteiger partial charge is 0.402 e. The Bertz CT molecular complexity index is 135. The van der Waals surface area contributed by atoms with Gasteiger partial charge in [0.15, 0.2) is 0 Å². The summed E-state index contributed by atoms with van der Waals surface area (Å²) in [4.78, 5) is 0. The molecule has 62 valence electrons. The normalized spacial score (nSPS) is 15.8. The van der Waals surface area contributed by atoms with Crippen molar-refractivity contribution < 1.29 is 17.4 Å². The van der Waals surface area contributed by atoms with Crippen molar-refractivity contribution in [3.63, 3.8) is 0 Å². The van der Waals surface area contributed by atoms with Crippen LogP contribution in [0, 0.1) is 0 Å². The zero-order chi connectivity index (χ0) is 8.36. The van der Waals surface area contributed by atoms with Gasteiger partial charge in [0.05, 0.1) is 11.0 Å². The maximum absolute atomic E-state index is 11.5. The van der Waals surface area contributed by atoms with Crippen molar-refractivity contribution >= 4 is 11.0 Å². The average molecular weight is 175 g/mol. The molecular formula is C4H8F3NOS. The van der Waals surface area contributed by atoms with E-state index < -0.39 is 23.7 Å². The second kappa shape index (κ2) is 3.34. The fourth-order valence-corrected chi connectivity index (χ4v) is 0.672. The molecule has 0 radical (unpaired) electrons. The number of alkyl halides is 3. The molecule has 0 aliphatic carbocycles. The van der Waals surface area contributed by atoms with Gasteiger partial charge in [-0.25, -0.2) is 8.51 Å². The Morgan fingerprint density at radius 2 is 1.90 bits per heavy atom. The highest BCUT2D eigenvalue weighted by molar-refractivity contribution is 7.81. The van der Waals surface area contributed by atoms with Gasteiger partial charge in [0.1, 0.15) is 6.54 Å². The molecule has 0 aliphatic heterocycles. The van der Waals surface area contributed by atoms with Crippen molar-refractivity contribution in [3.05, 3.63) is 0 Å². The van der Waals surface area contributed by atoms with E-state index in [2.05, 4.69) is 0 Å². The molecule has 0 aliphatic rings. The molecule has 2 nitrogen and oxygen atoms in total. The van der Waals surface area contributed by atoms with E-state index >= 15 is 0 Å². The average Bonchev–Trinajstić information content (AvgIpc) is 1.60. The maximum atomic E-state index is 11.5. The number of hydrogen-bond donors (Lipinski definition) is 0. The number of hydrogen-bond acceptors (Lipinski definition) is 1. The van der Waals surface area contributed by atoms with Crippen molar-refractivity contribution in [3.8, 4) is 0 Å². The minimum atomic E-state index is -4.26. The van der Waals surface area contributed by atoms with Crippen molar-refractivity contribution in [1.82, 2.24) is 4.31 Å². The van der Waals surface area contributed by atoms with Gasteiger partial charge >= 0.3 is 6.18 Å². The Labute approximate surface area is 59.6 Å². The highest BCUT2D eigenvalue weighted by Gasteiger charge is 2.30. The quantitative estimate of drug-likeness (QED) is 0.607. The summed E-state index contributed by atoms with van der Waals surface area (Å²) in [7, 11) is -0.387. The van der Waals surface area contributed by atoms with Crippen molar-refractivity contribution in [2.45, 2.75) is 6.18 Å². The molecule has 0 fully saturated rings. The second-order valence-corrected chi connectivity index (χ2v) is 3.30. The van der Waals surface area contributed by atoms with Crippen molar-refractivity contribution in [2.24, 2.45) is 0 Å². The van der Waals surface area contributed by atoms with Gasteiger partial charge in [0, 0.05) is 13.3 Å². The van der Waals surface area contributed by atoms with E-state index in [0.717, 1.165) is 11.4 Å². The summed E-state index contributed by atoms with van der Waals surface area (Å²) >= 11 is 0. The van der Waals surface area contributed by atoms with E-state index in [0.29, 0.717) is 0 Å². The molecule has 6 heteroatoms. The molecule has 0 heterocycles. The lowest BCUT2D eigenvalue weighted by molar-refractivity contribution is -0.133. The highest BCUT2D eigenvalue weighted by Crippen LogP contribution is 2.15. The summed E-state index contributed by atoms with van der Waals surface area (Å²) in [6.45, 7) is -1.13. The lowest BCUT2D eigenvalue weighted by Crippen LogP contribution is -2.31. The van der Waals surface area contributed by atoms with Crippen LogP contribution in [0.5, 0.6) is 0 Å². The first-order chi connectivity index (χ1) is 4.33. The summed E-state index contributed by atoms with van der Waals surface area (Å²) in [5.74, 6) is 0. The van der Waals surface area contributed by atoms with E-state index in [-0.39, 0.29) is 0 Å². The Balaban J connectivity index is 3.80. The van der Waals surface area contributed by atoms with Crippen LogP contribution in [0.25, 0.3) is 0 Å². The van der Waals surface area contributed by atoms with Gasteiger partial charge in [0.25, 0.3) is 0 Å². The lowest BCUT2D eigenvalue weighted by Gasteiger charge is -2.14. The smallest absolute Gasteiger partial charge is 0.243 e. The van der Waals surface area contributed by atoms with E-state index in [4.69, 9.17) is 0 Å². The molecule has 0 saturated heterocycles. The summed E-state index contributed by atoms with van der Waals surface area (Å²) < 4.78 is 45.6. The van der Waals surface area contributed by atoms with Gasteiger partial charge in [-0.15, -0.1) is 0 Å². The number of rotatable bonds is 2. The third-order valence-electron chi connectivity index (χ3n) is 0.841. The van der Waals surface area contributed by atoms with Gasteiger partial charge < -0.3 is 0 Å². The van der Waals surface area contributed by atoms with Crippen LogP contribution in [-0.4, -0.2) is 34.5 Å². The molecule has 0 saturated carbocycles. The molecule has 0 amide bonds. The monoisotopic (exact) mass is 175 g/mol. The van der Waals surface area contributed by atoms with Gasteiger partial charge in [-0.3, -0.25) is 0 Å². The molecular weight excluding hydrogens is 167 g/mol. The zero-order valence-electron chi connectivity index (χ0n) is 5.60. The van der Waals surface area contributed by atoms with Crippen LogP contribution in [0.2, 0.25) is 0 Å². The molecule has 10 heavy (non-hydrogen) atoms.